The van der Waals surface area contributed by atoms with E-state index in [0.29, 0.717) is 39.0 Å². The number of hydrogen-bond acceptors (Lipinski definition) is 8. The summed E-state index contributed by atoms with van der Waals surface area (Å²) < 4.78 is 4.78. The van der Waals surface area contributed by atoms with Crippen LogP contribution in [-0.2, 0) is 27.3 Å². The summed E-state index contributed by atoms with van der Waals surface area (Å²) >= 11 is 0. The van der Waals surface area contributed by atoms with Crippen molar-refractivity contribution in [1.29, 1.82) is 0 Å². The number of aromatic nitrogens is 1. The quantitative estimate of drug-likeness (QED) is 0.192. The number of nitrogens with one attached hydrogen (secondary N) is 3. The highest BCUT2D eigenvalue weighted by atomic mass is 16.5. The number of benzene rings is 1. The lowest BCUT2D eigenvalue weighted by molar-refractivity contribution is -0.133. The Morgan fingerprint density at radius 2 is 1.57 bits per heavy atom. The zero-order valence-corrected chi connectivity index (χ0v) is 33.7. The predicted octanol–water partition coefficient (Wildman–Crippen LogP) is 4.67. The Morgan fingerprint density at radius 1 is 0.906 bits per heavy atom. The van der Waals surface area contributed by atoms with Gasteiger partial charge in [0.05, 0.1) is 31.5 Å². The maximum Gasteiger partial charge on any atom is 0.407 e. The van der Waals surface area contributed by atoms with Gasteiger partial charge in [0.2, 0.25) is 5.91 Å². The summed E-state index contributed by atoms with van der Waals surface area (Å²) in [5.74, 6) is -0.833. The number of aliphatic hydroxyl groups is 1. The Bertz CT molecular complexity index is 1530. The van der Waals surface area contributed by atoms with Crippen LogP contribution >= 0.6 is 0 Å². The van der Waals surface area contributed by atoms with Gasteiger partial charge < -0.3 is 30.3 Å². The number of nitrogens with zero attached hydrogens (tertiary/aromatic N) is 4. The molecule has 0 saturated carbocycles. The van der Waals surface area contributed by atoms with Crippen molar-refractivity contribution in [2.45, 2.75) is 113 Å². The lowest BCUT2D eigenvalue weighted by atomic mass is 9.84. The molecule has 0 aliphatic carbocycles. The molecule has 1 aliphatic heterocycles. The lowest BCUT2D eigenvalue weighted by Crippen LogP contribution is -2.61. The summed E-state index contributed by atoms with van der Waals surface area (Å²) in [7, 11) is 1.24. The molecule has 2 heterocycles. The minimum absolute atomic E-state index is 0.0191. The number of urea groups is 1. The molecular weight excluding hydrogens is 674 g/mol. The second-order valence-corrected chi connectivity index (χ2v) is 17.5. The van der Waals surface area contributed by atoms with Gasteiger partial charge in [0.15, 0.2) is 0 Å². The monoisotopic (exact) mass is 737 g/mol. The van der Waals surface area contributed by atoms with Crippen molar-refractivity contribution in [1.82, 2.24) is 35.9 Å². The number of hydrogen-bond donors (Lipinski definition) is 4. The largest absolute Gasteiger partial charge is 0.453 e. The van der Waals surface area contributed by atoms with E-state index in [0.717, 1.165) is 17.0 Å². The smallest absolute Gasteiger partial charge is 0.407 e. The molecule has 0 radical (unpaired) electrons. The van der Waals surface area contributed by atoms with Crippen LogP contribution in [0, 0.1) is 23.2 Å². The molecule has 3 rings (SSSR count). The van der Waals surface area contributed by atoms with Crippen LogP contribution in [-0.4, -0.2) is 106 Å². The standard InChI is InChI=1S/C40H63N7O6/c1-27-16-15-19-29(41-27)25-45-22-23-47(37(45)52)33(40(8,9)10)35(50)42-30(24-28-17-13-12-14-18-28)31(48)26-46(21-20-38(2,3)4)44-34(49)32(39(5,6)7)43-36(51)53-11/h12-19,30-33,48H,20-26H2,1-11H3,(H,42,50)(H,43,51)(H,44,49). The normalized spacial score (nSPS) is 16.2. The minimum atomic E-state index is -1.14. The van der Waals surface area contributed by atoms with Gasteiger partial charge in [0.1, 0.15) is 12.1 Å². The van der Waals surface area contributed by atoms with E-state index >= 15 is 0 Å². The number of hydrazine groups is 1. The fraction of sp³-hybridized carbons (Fsp3) is 0.625. The summed E-state index contributed by atoms with van der Waals surface area (Å²) in [6.45, 7) is 21.0. The van der Waals surface area contributed by atoms with Gasteiger partial charge in [-0.1, -0.05) is 98.7 Å². The van der Waals surface area contributed by atoms with Crippen LogP contribution in [0.5, 0.6) is 0 Å². The molecule has 13 heteroatoms. The molecule has 1 aliphatic rings. The molecule has 1 fully saturated rings. The molecular formula is C40H63N7O6. The molecule has 5 amide bonds. The SMILES string of the molecule is COC(=O)NC(C(=O)NN(CCC(C)(C)C)CC(O)C(Cc1ccccc1)NC(=O)C(N1CCN(Cc2cccc(C)n2)C1=O)C(C)(C)C)C(C)(C)C. The van der Waals surface area contributed by atoms with E-state index in [4.69, 9.17) is 4.74 Å². The Balaban J connectivity index is 1.89. The first-order valence-corrected chi connectivity index (χ1v) is 18.5. The maximum absolute atomic E-state index is 14.4. The van der Waals surface area contributed by atoms with E-state index < -0.39 is 47.1 Å². The van der Waals surface area contributed by atoms with Crippen molar-refractivity contribution in [2.24, 2.45) is 16.2 Å². The number of methoxy groups -OCH3 is 1. The van der Waals surface area contributed by atoms with Crippen molar-refractivity contribution in [2.75, 3.05) is 33.3 Å². The molecule has 4 atom stereocenters. The number of carbonyl (C=O) groups is 4. The fourth-order valence-corrected chi connectivity index (χ4v) is 6.37. The van der Waals surface area contributed by atoms with Crippen molar-refractivity contribution in [3.63, 3.8) is 0 Å². The van der Waals surface area contributed by atoms with Crippen molar-refractivity contribution < 1.29 is 29.0 Å². The second-order valence-electron chi connectivity index (χ2n) is 17.5. The number of aryl methyl sites for hydroxylation is 1. The molecule has 294 valence electrons. The zero-order chi connectivity index (χ0) is 39.7. The highest BCUT2D eigenvalue weighted by molar-refractivity contribution is 5.89. The van der Waals surface area contributed by atoms with E-state index in [1.807, 2.05) is 97.0 Å². The van der Waals surface area contributed by atoms with E-state index in [1.54, 1.807) is 14.8 Å². The van der Waals surface area contributed by atoms with Crippen molar-refractivity contribution in [3.05, 3.63) is 65.5 Å². The first-order chi connectivity index (χ1) is 24.6. The Labute approximate surface area is 316 Å². The Hall–Kier alpha value is -4.23. The molecule has 0 spiro atoms. The number of alkyl carbamates (subject to hydrolysis) is 1. The third kappa shape index (κ3) is 13.3. The van der Waals surface area contributed by atoms with Gasteiger partial charge >= 0.3 is 12.1 Å². The van der Waals surface area contributed by atoms with Crippen LogP contribution in [0.1, 0.15) is 85.7 Å². The molecule has 13 nitrogen and oxygen atoms in total. The van der Waals surface area contributed by atoms with Crippen molar-refractivity contribution >= 4 is 23.9 Å². The van der Waals surface area contributed by atoms with Gasteiger partial charge in [-0.15, -0.1) is 0 Å². The van der Waals surface area contributed by atoms with Crippen LogP contribution in [0.25, 0.3) is 0 Å². The molecule has 1 aromatic carbocycles. The van der Waals surface area contributed by atoms with Crippen molar-refractivity contribution in [3.8, 4) is 0 Å². The minimum Gasteiger partial charge on any atom is -0.453 e. The molecule has 4 N–H and O–H groups in total. The van der Waals surface area contributed by atoms with E-state index in [-0.39, 0.29) is 23.9 Å². The second kappa shape index (κ2) is 18.2. The van der Waals surface area contributed by atoms with Gasteiger partial charge in [0.25, 0.3) is 5.91 Å². The van der Waals surface area contributed by atoms with E-state index in [2.05, 4.69) is 41.8 Å². The summed E-state index contributed by atoms with van der Waals surface area (Å²) in [4.78, 5) is 62.0. The number of amides is 5. The topological polar surface area (TPSA) is 156 Å². The lowest BCUT2D eigenvalue weighted by Gasteiger charge is -2.39. The van der Waals surface area contributed by atoms with Gasteiger partial charge in [0, 0.05) is 31.9 Å². The average Bonchev–Trinajstić information content (AvgIpc) is 3.39. The van der Waals surface area contributed by atoms with Gasteiger partial charge in [-0.3, -0.25) is 20.0 Å². The molecule has 4 unspecified atom stereocenters. The van der Waals surface area contributed by atoms with Gasteiger partial charge in [-0.2, -0.15) is 0 Å². The molecule has 2 aromatic rings. The third-order valence-electron chi connectivity index (χ3n) is 9.28. The first kappa shape index (κ1) is 43.2. The maximum atomic E-state index is 14.4. The molecule has 1 aromatic heterocycles. The Kier molecular flexibility index (Phi) is 14.8. The zero-order valence-electron chi connectivity index (χ0n) is 33.7. The number of pyridine rings is 1. The number of rotatable bonds is 15. The Morgan fingerprint density at radius 3 is 2.13 bits per heavy atom. The van der Waals surface area contributed by atoms with Gasteiger partial charge in [-0.25, -0.2) is 14.6 Å². The molecule has 53 heavy (non-hydrogen) atoms. The van der Waals surface area contributed by atoms with E-state index in [9.17, 15) is 24.3 Å². The predicted molar refractivity (Wildman–Crippen MR) is 205 cm³/mol. The summed E-state index contributed by atoms with van der Waals surface area (Å²) in [6, 6.07) is 12.5. The summed E-state index contributed by atoms with van der Waals surface area (Å²) in [5.41, 5.74) is 4.10. The first-order valence-electron chi connectivity index (χ1n) is 18.5. The number of carbonyl (C=O) groups excluding carboxylic acids is 4. The number of ether oxygens (including phenoxy) is 1. The van der Waals surface area contributed by atoms with E-state index in [1.165, 1.54) is 7.11 Å². The number of aliphatic hydroxyl groups excluding tert-OH is 1. The molecule has 0 bridgehead atoms. The van der Waals surface area contributed by atoms with Crippen LogP contribution in [0.3, 0.4) is 0 Å². The third-order valence-corrected chi connectivity index (χ3v) is 9.28. The highest BCUT2D eigenvalue weighted by Crippen LogP contribution is 2.29. The van der Waals surface area contributed by atoms with Crippen LogP contribution < -0.4 is 16.1 Å². The summed E-state index contributed by atoms with van der Waals surface area (Å²) in [5, 5.41) is 19.4. The fourth-order valence-electron chi connectivity index (χ4n) is 6.37. The summed E-state index contributed by atoms with van der Waals surface area (Å²) in [6.07, 6.45) is -0.885. The highest BCUT2D eigenvalue weighted by Gasteiger charge is 2.44. The molecule has 1 saturated heterocycles. The van der Waals surface area contributed by atoms with Gasteiger partial charge in [-0.05, 0) is 53.7 Å². The van der Waals surface area contributed by atoms with Crippen LogP contribution in [0.2, 0.25) is 0 Å². The van der Waals surface area contributed by atoms with Crippen LogP contribution in [0.15, 0.2) is 48.5 Å². The van der Waals surface area contributed by atoms with Crippen LogP contribution in [0.4, 0.5) is 9.59 Å². The average molecular weight is 738 g/mol.